The molecule has 0 radical (unpaired) electrons. The average Bonchev–Trinajstić information content (AvgIpc) is 3.02. The number of fused-ring (bicyclic) bond motifs is 3. The van der Waals surface area contributed by atoms with Gasteiger partial charge in [0.1, 0.15) is 12.4 Å². The van der Waals surface area contributed by atoms with Crippen LogP contribution in [-0.4, -0.2) is 40.1 Å². The number of hydrogen-bond donors (Lipinski definition) is 2. The summed E-state index contributed by atoms with van der Waals surface area (Å²) in [7, 11) is 0. The number of hydrogen-bond acceptors (Lipinski definition) is 2. The highest BCUT2D eigenvalue weighted by Gasteiger charge is 2.41. The van der Waals surface area contributed by atoms with Crippen LogP contribution in [0.1, 0.15) is 29.8 Å². The summed E-state index contributed by atoms with van der Waals surface area (Å²) in [6, 6.07) is 11.6. The third-order valence-corrected chi connectivity index (χ3v) is 5.94. The van der Waals surface area contributed by atoms with Crippen LogP contribution in [0, 0.1) is 5.82 Å². The fourth-order valence-electron chi connectivity index (χ4n) is 4.14. The molecular weight excluding hydrogens is 433 g/mol. The van der Waals surface area contributed by atoms with Crippen molar-refractivity contribution < 1.29 is 18.3 Å². The molecule has 0 spiro atoms. The van der Waals surface area contributed by atoms with Crippen LogP contribution in [0.2, 0.25) is 0 Å². The first kappa shape index (κ1) is 19.5. The first-order valence-electron chi connectivity index (χ1n) is 9.09. The van der Waals surface area contributed by atoms with Crippen molar-refractivity contribution in [1.29, 1.82) is 0 Å². The van der Waals surface area contributed by atoms with Crippen LogP contribution in [-0.2, 0) is 6.42 Å². The largest absolute Gasteiger partial charge is 0.390 e. The van der Waals surface area contributed by atoms with Crippen molar-refractivity contribution >= 4 is 26.8 Å². The molecule has 0 fully saturated rings. The third kappa shape index (κ3) is 3.36. The van der Waals surface area contributed by atoms with Crippen LogP contribution >= 0.6 is 15.9 Å². The Morgan fingerprint density at radius 3 is 2.61 bits per heavy atom. The predicted molar refractivity (Wildman–Crippen MR) is 106 cm³/mol. The summed E-state index contributed by atoms with van der Waals surface area (Å²) in [6.07, 6.45) is 0.449. The molecule has 2 unspecified atom stereocenters. The maximum atomic E-state index is 14.5. The summed E-state index contributed by atoms with van der Waals surface area (Å²) in [5, 5.41) is 9.64. The normalized spacial score (nSPS) is 20.5. The van der Waals surface area contributed by atoms with Crippen LogP contribution in [0.25, 0.3) is 10.9 Å². The topological polar surface area (TPSA) is 39.3 Å². The van der Waals surface area contributed by atoms with Crippen molar-refractivity contribution in [2.45, 2.75) is 31.4 Å². The summed E-state index contributed by atoms with van der Waals surface area (Å²) < 4.78 is 43.7. The van der Waals surface area contributed by atoms with Crippen LogP contribution in [0.15, 0.2) is 46.9 Å². The molecule has 2 heterocycles. The van der Waals surface area contributed by atoms with Crippen molar-refractivity contribution in [3.63, 3.8) is 0 Å². The lowest BCUT2D eigenvalue weighted by molar-refractivity contribution is -0.0864. The van der Waals surface area contributed by atoms with E-state index in [2.05, 4.69) is 20.9 Å². The Labute approximate surface area is 169 Å². The van der Waals surface area contributed by atoms with E-state index in [1.54, 1.807) is 17.0 Å². The maximum absolute atomic E-state index is 14.5. The van der Waals surface area contributed by atoms with E-state index < -0.39 is 25.1 Å². The molecule has 2 atom stereocenters. The van der Waals surface area contributed by atoms with Crippen molar-refractivity contribution in [2.24, 2.45) is 0 Å². The van der Waals surface area contributed by atoms with Crippen LogP contribution < -0.4 is 0 Å². The molecular formula is C21H20BrF3N2O. The standard InChI is InChI=1S/C21H20BrF3N2O/c1-12-9-15-18-16(23)3-2-4-17(18)26-19(15)20(13-5-7-14(22)8-6-13)27(12)10-21(24,25)11-28/h2-8,12,20,26,28H,9-11H2,1H3. The number of rotatable bonds is 4. The fourth-order valence-corrected chi connectivity index (χ4v) is 4.40. The molecule has 3 nitrogen and oxygen atoms in total. The van der Waals surface area contributed by atoms with Gasteiger partial charge in [0.25, 0.3) is 5.92 Å². The van der Waals surface area contributed by atoms with Crippen molar-refractivity contribution in [3.8, 4) is 0 Å². The minimum absolute atomic E-state index is 0.253. The zero-order valence-electron chi connectivity index (χ0n) is 15.2. The zero-order chi connectivity index (χ0) is 20.1. The Bertz CT molecular complexity index is 1000. The van der Waals surface area contributed by atoms with Crippen molar-refractivity contribution in [3.05, 3.63) is 69.6 Å². The van der Waals surface area contributed by atoms with E-state index in [0.717, 1.165) is 21.3 Å². The number of aromatic amines is 1. The Morgan fingerprint density at radius 2 is 1.93 bits per heavy atom. The second-order valence-corrected chi connectivity index (χ2v) is 8.29. The van der Waals surface area contributed by atoms with E-state index >= 15 is 0 Å². The quantitative estimate of drug-likeness (QED) is 0.582. The predicted octanol–water partition coefficient (Wildman–Crippen LogP) is 5.03. The third-order valence-electron chi connectivity index (χ3n) is 5.41. The molecule has 0 saturated carbocycles. The molecule has 4 rings (SSSR count). The number of aliphatic hydroxyl groups is 1. The average molecular weight is 453 g/mol. The molecule has 3 aromatic rings. The number of H-pyrrole nitrogens is 1. The van der Waals surface area contributed by atoms with Crippen molar-refractivity contribution in [2.75, 3.05) is 13.2 Å². The highest BCUT2D eigenvalue weighted by molar-refractivity contribution is 9.10. The molecule has 1 aromatic heterocycles. The summed E-state index contributed by atoms with van der Waals surface area (Å²) in [5.74, 6) is -3.54. The summed E-state index contributed by atoms with van der Waals surface area (Å²) in [4.78, 5) is 4.96. The van der Waals surface area contributed by atoms with Gasteiger partial charge in [-0.05, 0) is 48.7 Å². The SMILES string of the molecule is CC1Cc2c([nH]c3cccc(F)c23)C(c2ccc(Br)cc2)N1CC(F)(F)CO. The van der Waals surface area contributed by atoms with E-state index in [1.165, 1.54) is 6.07 Å². The van der Waals surface area contributed by atoms with Gasteiger partial charge >= 0.3 is 0 Å². The molecule has 0 aliphatic carbocycles. The van der Waals surface area contributed by atoms with Gasteiger partial charge in [-0.1, -0.05) is 34.1 Å². The number of alkyl halides is 2. The van der Waals surface area contributed by atoms with Crippen molar-refractivity contribution in [1.82, 2.24) is 9.88 Å². The second kappa shape index (κ2) is 7.21. The number of nitrogens with one attached hydrogen (secondary N) is 1. The number of aromatic nitrogens is 1. The first-order valence-corrected chi connectivity index (χ1v) is 9.89. The molecule has 1 aliphatic heterocycles. The Kier molecular flexibility index (Phi) is 5.02. The molecule has 0 amide bonds. The number of benzene rings is 2. The number of nitrogens with zero attached hydrogens (tertiary/aromatic N) is 1. The van der Waals surface area contributed by atoms with Gasteiger partial charge < -0.3 is 10.1 Å². The molecule has 2 aromatic carbocycles. The van der Waals surface area contributed by atoms with E-state index in [-0.39, 0.29) is 11.9 Å². The maximum Gasteiger partial charge on any atom is 0.283 e. The summed E-state index contributed by atoms with van der Waals surface area (Å²) in [6.45, 7) is 0.0715. The van der Waals surface area contributed by atoms with Gasteiger partial charge in [-0.3, -0.25) is 4.90 Å². The van der Waals surface area contributed by atoms with Crippen LogP contribution in [0.5, 0.6) is 0 Å². The Hall–Kier alpha value is -1.83. The molecule has 2 N–H and O–H groups in total. The van der Waals surface area contributed by atoms with Gasteiger partial charge in [0, 0.05) is 27.1 Å². The monoisotopic (exact) mass is 452 g/mol. The Morgan fingerprint density at radius 1 is 1.21 bits per heavy atom. The molecule has 148 valence electrons. The highest BCUT2D eigenvalue weighted by Crippen LogP contribution is 2.42. The molecule has 0 saturated heterocycles. The van der Waals surface area contributed by atoms with Gasteiger partial charge in [0.2, 0.25) is 0 Å². The van der Waals surface area contributed by atoms with E-state index in [1.807, 2.05) is 31.2 Å². The molecule has 1 aliphatic rings. The minimum atomic E-state index is -3.23. The number of halogens is 4. The Balaban J connectivity index is 1.91. The molecule has 7 heteroatoms. The summed E-state index contributed by atoms with van der Waals surface area (Å²) >= 11 is 3.40. The highest BCUT2D eigenvalue weighted by atomic mass is 79.9. The number of aliphatic hydroxyl groups excluding tert-OH is 1. The van der Waals surface area contributed by atoms with Gasteiger partial charge in [-0.15, -0.1) is 0 Å². The zero-order valence-corrected chi connectivity index (χ0v) is 16.8. The van der Waals surface area contributed by atoms with E-state index in [9.17, 15) is 13.2 Å². The van der Waals surface area contributed by atoms with Crippen LogP contribution in [0.4, 0.5) is 13.2 Å². The summed E-state index contributed by atoms with van der Waals surface area (Å²) in [5.41, 5.74) is 3.05. The smallest absolute Gasteiger partial charge is 0.283 e. The van der Waals surface area contributed by atoms with Gasteiger partial charge in [0.15, 0.2) is 0 Å². The van der Waals surface area contributed by atoms with Gasteiger partial charge in [-0.25, -0.2) is 13.2 Å². The van der Waals surface area contributed by atoms with Gasteiger partial charge in [0.05, 0.1) is 12.6 Å². The second-order valence-electron chi connectivity index (χ2n) is 7.37. The molecule has 0 bridgehead atoms. The van der Waals surface area contributed by atoms with Gasteiger partial charge in [-0.2, -0.15) is 0 Å². The van der Waals surface area contributed by atoms with E-state index in [4.69, 9.17) is 5.11 Å². The molecule has 28 heavy (non-hydrogen) atoms. The fraction of sp³-hybridized carbons (Fsp3) is 0.333. The lowest BCUT2D eigenvalue weighted by atomic mass is 9.88. The van der Waals surface area contributed by atoms with Crippen LogP contribution in [0.3, 0.4) is 0 Å². The lowest BCUT2D eigenvalue weighted by Gasteiger charge is -2.42. The first-order chi connectivity index (χ1) is 13.3. The minimum Gasteiger partial charge on any atom is -0.390 e. The lowest BCUT2D eigenvalue weighted by Crippen LogP contribution is -2.49. The van der Waals surface area contributed by atoms with E-state index in [0.29, 0.717) is 17.3 Å².